The SMILES string of the molecule is Cc1cccc(C2=NCC(=O)N(NC(=O)[C@H](CCC(F)(F)F)[C@H](CC3CC(F)(F)C3)C(N)=O)c3c(Cl)cccc32)c1. The summed E-state index contributed by atoms with van der Waals surface area (Å²) in [6.45, 7) is 1.44. The van der Waals surface area contributed by atoms with Crippen LogP contribution in [0.2, 0.25) is 5.02 Å². The number of alkyl halides is 5. The fraction of sp³-hybridized carbons (Fsp3) is 0.429. The number of rotatable bonds is 9. The van der Waals surface area contributed by atoms with E-state index in [-0.39, 0.29) is 17.1 Å². The van der Waals surface area contributed by atoms with Gasteiger partial charge in [-0.05, 0) is 37.8 Å². The van der Waals surface area contributed by atoms with Crippen LogP contribution in [-0.2, 0) is 14.4 Å². The summed E-state index contributed by atoms with van der Waals surface area (Å²) in [4.78, 5) is 43.6. The zero-order chi connectivity index (χ0) is 30.1. The number of halogens is 6. The van der Waals surface area contributed by atoms with Gasteiger partial charge in [0.15, 0.2) is 0 Å². The number of benzene rings is 2. The number of para-hydroxylation sites is 1. The molecule has 2 aromatic carbocycles. The molecule has 1 aliphatic carbocycles. The molecule has 1 heterocycles. The topological polar surface area (TPSA) is 105 Å². The molecular formula is C28H28ClF5N4O3. The van der Waals surface area contributed by atoms with E-state index >= 15 is 0 Å². The molecule has 13 heteroatoms. The number of fused-ring (bicyclic) bond motifs is 1. The van der Waals surface area contributed by atoms with Crippen molar-refractivity contribution in [1.82, 2.24) is 5.43 Å². The van der Waals surface area contributed by atoms with Gasteiger partial charge in [0.05, 0.1) is 22.3 Å². The van der Waals surface area contributed by atoms with Gasteiger partial charge < -0.3 is 5.73 Å². The van der Waals surface area contributed by atoms with Crippen molar-refractivity contribution in [1.29, 1.82) is 0 Å². The monoisotopic (exact) mass is 598 g/mol. The van der Waals surface area contributed by atoms with Gasteiger partial charge in [0, 0.05) is 36.3 Å². The summed E-state index contributed by atoms with van der Waals surface area (Å²) in [5.41, 5.74) is 10.3. The van der Waals surface area contributed by atoms with Crippen LogP contribution in [0.4, 0.5) is 27.6 Å². The van der Waals surface area contributed by atoms with Crippen molar-refractivity contribution in [2.75, 3.05) is 11.6 Å². The quantitative estimate of drug-likeness (QED) is 0.380. The first-order valence-electron chi connectivity index (χ1n) is 12.9. The van der Waals surface area contributed by atoms with Gasteiger partial charge >= 0.3 is 6.18 Å². The minimum atomic E-state index is -4.67. The third kappa shape index (κ3) is 7.22. The average Bonchev–Trinajstić information content (AvgIpc) is 2.98. The molecule has 1 saturated carbocycles. The molecule has 0 radical (unpaired) electrons. The minimum Gasteiger partial charge on any atom is -0.369 e. The molecule has 220 valence electrons. The van der Waals surface area contributed by atoms with Gasteiger partial charge in [-0.1, -0.05) is 47.5 Å². The summed E-state index contributed by atoms with van der Waals surface area (Å²) in [5.74, 6) is -9.67. The van der Waals surface area contributed by atoms with E-state index in [9.17, 15) is 36.3 Å². The van der Waals surface area contributed by atoms with E-state index in [1.54, 1.807) is 24.3 Å². The van der Waals surface area contributed by atoms with E-state index in [0.29, 0.717) is 16.8 Å². The maximum Gasteiger partial charge on any atom is 0.389 e. The Labute approximate surface area is 237 Å². The van der Waals surface area contributed by atoms with Crippen LogP contribution in [0.3, 0.4) is 0 Å². The van der Waals surface area contributed by atoms with Crippen molar-refractivity contribution in [3.05, 3.63) is 64.2 Å². The van der Waals surface area contributed by atoms with E-state index in [1.807, 2.05) is 19.1 Å². The number of nitrogens with zero attached hydrogens (tertiary/aromatic N) is 2. The van der Waals surface area contributed by atoms with Gasteiger partial charge in [0.2, 0.25) is 17.7 Å². The zero-order valence-corrected chi connectivity index (χ0v) is 22.7. The average molecular weight is 599 g/mol. The number of nitrogens with one attached hydrogen (secondary N) is 1. The Morgan fingerprint density at radius 1 is 1.17 bits per heavy atom. The van der Waals surface area contributed by atoms with Crippen molar-refractivity contribution in [2.45, 2.75) is 51.1 Å². The first kappa shape index (κ1) is 30.4. The molecule has 2 atom stereocenters. The minimum absolute atomic E-state index is 0.0494. The van der Waals surface area contributed by atoms with E-state index in [4.69, 9.17) is 17.3 Å². The Kier molecular flexibility index (Phi) is 8.72. The molecule has 4 rings (SSSR count). The van der Waals surface area contributed by atoms with Crippen LogP contribution >= 0.6 is 11.6 Å². The molecule has 0 saturated heterocycles. The number of carbonyl (C=O) groups excluding carboxylic acids is 3. The highest BCUT2D eigenvalue weighted by atomic mass is 35.5. The number of primary amides is 1. The van der Waals surface area contributed by atoms with E-state index in [2.05, 4.69) is 10.4 Å². The van der Waals surface area contributed by atoms with Gasteiger partial charge in [-0.2, -0.15) is 13.2 Å². The van der Waals surface area contributed by atoms with Crippen LogP contribution in [0, 0.1) is 24.7 Å². The highest BCUT2D eigenvalue weighted by Crippen LogP contribution is 2.46. The lowest BCUT2D eigenvalue weighted by molar-refractivity contribution is -0.149. The Morgan fingerprint density at radius 2 is 1.85 bits per heavy atom. The lowest BCUT2D eigenvalue weighted by Crippen LogP contribution is -2.52. The third-order valence-corrected chi connectivity index (χ3v) is 7.59. The number of carbonyl (C=O) groups is 3. The van der Waals surface area contributed by atoms with E-state index in [0.717, 1.165) is 10.6 Å². The second-order valence-electron chi connectivity index (χ2n) is 10.5. The molecule has 41 heavy (non-hydrogen) atoms. The third-order valence-electron chi connectivity index (χ3n) is 7.29. The van der Waals surface area contributed by atoms with Gasteiger partial charge in [-0.25, -0.2) is 13.8 Å². The summed E-state index contributed by atoms with van der Waals surface area (Å²) < 4.78 is 66.5. The fourth-order valence-electron chi connectivity index (χ4n) is 5.34. The second kappa shape index (κ2) is 11.8. The summed E-state index contributed by atoms with van der Waals surface area (Å²) in [7, 11) is 0. The molecule has 0 spiro atoms. The number of hydrazine groups is 1. The first-order chi connectivity index (χ1) is 19.1. The molecule has 1 fully saturated rings. The molecule has 0 aromatic heterocycles. The van der Waals surface area contributed by atoms with Crippen molar-refractivity contribution < 1.29 is 36.3 Å². The van der Waals surface area contributed by atoms with Gasteiger partial charge in [0.25, 0.3) is 5.91 Å². The normalized spacial score (nSPS) is 18.5. The lowest BCUT2D eigenvalue weighted by atomic mass is 9.72. The Balaban J connectivity index is 1.68. The molecule has 7 nitrogen and oxygen atoms in total. The summed E-state index contributed by atoms with van der Waals surface area (Å²) in [5, 5.41) is 0.871. The molecular weight excluding hydrogens is 571 g/mol. The van der Waals surface area contributed by atoms with Crippen LogP contribution in [0.5, 0.6) is 0 Å². The summed E-state index contributed by atoms with van der Waals surface area (Å²) in [6, 6.07) is 12.0. The van der Waals surface area contributed by atoms with Crippen molar-refractivity contribution in [3.8, 4) is 0 Å². The lowest BCUT2D eigenvalue weighted by Gasteiger charge is -2.38. The largest absolute Gasteiger partial charge is 0.389 e. The molecule has 3 N–H and O–H groups in total. The predicted molar refractivity (Wildman–Crippen MR) is 143 cm³/mol. The summed E-state index contributed by atoms with van der Waals surface area (Å²) in [6.07, 6.45) is -8.34. The number of nitrogens with two attached hydrogens (primary N) is 1. The van der Waals surface area contributed by atoms with Gasteiger partial charge in [0.1, 0.15) is 6.54 Å². The smallest absolute Gasteiger partial charge is 0.369 e. The number of benzodiazepines with no additional fused rings is 1. The molecule has 1 aliphatic heterocycles. The number of aryl methyl sites for hydroxylation is 1. The predicted octanol–water partition coefficient (Wildman–Crippen LogP) is 5.36. The molecule has 2 aliphatic rings. The first-order valence-corrected chi connectivity index (χ1v) is 13.3. The Hall–Kier alpha value is -3.54. The maximum atomic E-state index is 13.6. The molecule has 0 bridgehead atoms. The number of anilines is 1. The number of hydrogen-bond donors (Lipinski definition) is 2. The number of amides is 3. The van der Waals surface area contributed by atoms with Crippen LogP contribution in [0.25, 0.3) is 0 Å². The molecule has 0 unspecified atom stereocenters. The standard InChI is InChI=1S/C28H28ClF5N4O3/c1-15-4-2-5-17(10-15)23-19-6-3-7-21(29)24(19)38(22(39)14-36-23)37-26(41)18(8-9-28(32,33)34)20(25(35)40)11-16-12-27(30,31)13-16/h2-7,10,16,18,20H,8-9,11-14H2,1H3,(H2,35,40)(H,37,41)/t18-,20+/m1/s1. The van der Waals surface area contributed by atoms with Crippen molar-refractivity contribution in [2.24, 2.45) is 28.5 Å². The second-order valence-corrected chi connectivity index (χ2v) is 10.9. The van der Waals surface area contributed by atoms with Crippen molar-refractivity contribution in [3.63, 3.8) is 0 Å². The van der Waals surface area contributed by atoms with E-state index < -0.39 is 79.8 Å². The maximum absolute atomic E-state index is 13.6. The Morgan fingerprint density at radius 3 is 2.46 bits per heavy atom. The van der Waals surface area contributed by atoms with E-state index in [1.165, 1.54) is 6.07 Å². The fourth-order valence-corrected chi connectivity index (χ4v) is 5.59. The summed E-state index contributed by atoms with van der Waals surface area (Å²) >= 11 is 6.48. The highest BCUT2D eigenvalue weighted by Gasteiger charge is 2.48. The number of aliphatic imine (C=N–C) groups is 1. The van der Waals surface area contributed by atoms with Crippen LogP contribution in [-0.4, -0.2) is 42.1 Å². The van der Waals surface area contributed by atoms with Crippen LogP contribution < -0.4 is 16.2 Å². The molecule has 3 amide bonds. The Bertz CT molecular complexity index is 1370. The molecule has 2 aromatic rings. The zero-order valence-electron chi connectivity index (χ0n) is 22.0. The highest BCUT2D eigenvalue weighted by molar-refractivity contribution is 6.36. The van der Waals surface area contributed by atoms with Gasteiger partial charge in [-0.15, -0.1) is 0 Å². The van der Waals surface area contributed by atoms with Crippen LogP contribution in [0.1, 0.15) is 48.8 Å². The van der Waals surface area contributed by atoms with Gasteiger partial charge in [-0.3, -0.25) is 24.8 Å². The number of hydrogen-bond acceptors (Lipinski definition) is 4. The van der Waals surface area contributed by atoms with Crippen molar-refractivity contribution >= 4 is 40.7 Å². The van der Waals surface area contributed by atoms with Crippen LogP contribution in [0.15, 0.2) is 47.5 Å².